The number of nitrogens with zero attached hydrogens (tertiary/aromatic N) is 2. The number of nitro benzene ring substituents is 1. The molecular weight excluding hydrogens is 236 g/mol. The number of benzene rings is 1. The number of rotatable bonds is 5. The number of nitrogens with two attached hydrogens (primary N) is 1. The molecule has 0 aliphatic rings. The Balaban J connectivity index is 2.93. The van der Waals surface area contributed by atoms with E-state index in [2.05, 4.69) is 5.32 Å². The zero-order valence-corrected chi connectivity index (χ0v) is 9.71. The monoisotopic (exact) mass is 248 g/mol. The fourth-order valence-electron chi connectivity index (χ4n) is 1.48. The second-order valence-electron chi connectivity index (χ2n) is 3.81. The van der Waals surface area contributed by atoms with Gasteiger partial charge in [0.05, 0.1) is 16.2 Å². The van der Waals surface area contributed by atoms with E-state index in [0.29, 0.717) is 5.69 Å². The molecule has 1 atom stereocenters. The molecule has 0 spiro atoms. The fourth-order valence-corrected chi connectivity index (χ4v) is 1.48. The lowest BCUT2D eigenvalue weighted by molar-refractivity contribution is -0.384. The first-order valence-corrected chi connectivity index (χ1v) is 5.17. The van der Waals surface area contributed by atoms with Crippen molar-refractivity contribution in [1.82, 2.24) is 0 Å². The molecule has 0 saturated carbocycles. The molecule has 0 saturated heterocycles. The average Bonchev–Trinajstić information content (AvgIpc) is 2.27. The first-order chi connectivity index (χ1) is 8.43. The molecule has 0 heterocycles. The second-order valence-corrected chi connectivity index (χ2v) is 3.81. The molecule has 1 aromatic rings. The van der Waals surface area contributed by atoms with Gasteiger partial charge in [-0.1, -0.05) is 0 Å². The number of primary amides is 1. The molecule has 0 aromatic heterocycles. The van der Waals surface area contributed by atoms with Crippen molar-refractivity contribution in [1.29, 1.82) is 5.26 Å². The second kappa shape index (κ2) is 5.63. The van der Waals surface area contributed by atoms with Crippen LogP contribution in [0, 0.1) is 21.4 Å². The number of nitriles is 1. The molecule has 7 nitrogen and oxygen atoms in total. The molecule has 1 rings (SSSR count). The van der Waals surface area contributed by atoms with Crippen molar-refractivity contribution >= 4 is 17.3 Å². The highest BCUT2D eigenvalue weighted by Gasteiger charge is 2.13. The highest BCUT2D eigenvalue weighted by molar-refractivity contribution is 5.75. The van der Waals surface area contributed by atoms with Crippen molar-refractivity contribution in [3.8, 4) is 6.07 Å². The van der Waals surface area contributed by atoms with E-state index in [4.69, 9.17) is 11.0 Å². The third-order valence-electron chi connectivity index (χ3n) is 2.24. The Hall–Kier alpha value is -2.62. The van der Waals surface area contributed by atoms with Gasteiger partial charge >= 0.3 is 0 Å². The maximum Gasteiger partial charge on any atom is 0.270 e. The minimum absolute atomic E-state index is 0.113. The van der Waals surface area contributed by atoms with E-state index in [1.54, 1.807) is 6.92 Å². The summed E-state index contributed by atoms with van der Waals surface area (Å²) in [5.41, 5.74) is 5.49. The molecule has 3 N–H and O–H groups in total. The number of nitrogens with one attached hydrogen (secondary N) is 1. The Kier molecular flexibility index (Phi) is 4.21. The molecule has 0 aliphatic carbocycles. The molecule has 1 aromatic carbocycles. The number of nitro groups is 1. The first-order valence-electron chi connectivity index (χ1n) is 5.17. The maximum absolute atomic E-state index is 10.7. The zero-order chi connectivity index (χ0) is 13.7. The highest BCUT2D eigenvalue weighted by Crippen LogP contribution is 2.22. The van der Waals surface area contributed by atoms with Crippen molar-refractivity contribution in [3.05, 3.63) is 33.9 Å². The largest absolute Gasteiger partial charge is 0.381 e. The Morgan fingerprint density at radius 2 is 2.33 bits per heavy atom. The van der Waals surface area contributed by atoms with Gasteiger partial charge in [-0.2, -0.15) is 5.26 Å². The number of carbonyl (C=O) groups is 1. The molecule has 1 unspecified atom stereocenters. The van der Waals surface area contributed by atoms with Crippen LogP contribution in [-0.4, -0.2) is 16.9 Å². The van der Waals surface area contributed by atoms with E-state index in [0.717, 1.165) is 0 Å². The van der Waals surface area contributed by atoms with Crippen LogP contribution in [0.3, 0.4) is 0 Å². The third-order valence-corrected chi connectivity index (χ3v) is 2.24. The highest BCUT2D eigenvalue weighted by atomic mass is 16.6. The summed E-state index contributed by atoms with van der Waals surface area (Å²) >= 11 is 0. The van der Waals surface area contributed by atoms with Crippen molar-refractivity contribution in [2.24, 2.45) is 5.73 Å². The molecule has 0 aliphatic heterocycles. The summed E-state index contributed by atoms with van der Waals surface area (Å²) in [5.74, 6) is -0.463. The fraction of sp³-hybridized carbons (Fsp3) is 0.273. The van der Waals surface area contributed by atoms with Crippen LogP contribution in [0.5, 0.6) is 0 Å². The minimum atomic E-state index is -0.572. The molecular formula is C11H12N4O3. The van der Waals surface area contributed by atoms with E-state index in [9.17, 15) is 14.9 Å². The van der Waals surface area contributed by atoms with Crippen LogP contribution >= 0.6 is 0 Å². The van der Waals surface area contributed by atoms with Crippen LogP contribution in [0.1, 0.15) is 18.9 Å². The Bertz CT molecular complexity index is 522. The van der Waals surface area contributed by atoms with Gasteiger partial charge in [-0.05, 0) is 13.0 Å². The summed E-state index contributed by atoms with van der Waals surface area (Å²) in [6.07, 6.45) is 0.113. The summed E-state index contributed by atoms with van der Waals surface area (Å²) in [4.78, 5) is 20.7. The van der Waals surface area contributed by atoms with Gasteiger partial charge in [0, 0.05) is 24.6 Å². The smallest absolute Gasteiger partial charge is 0.270 e. The molecule has 0 radical (unpaired) electrons. The molecule has 94 valence electrons. The van der Waals surface area contributed by atoms with E-state index >= 15 is 0 Å². The van der Waals surface area contributed by atoms with Crippen LogP contribution in [-0.2, 0) is 4.79 Å². The molecule has 7 heteroatoms. The lowest BCUT2D eigenvalue weighted by Gasteiger charge is -2.14. The first kappa shape index (κ1) is 13.4. The number of hydrogen-bond donors (Lipinski definition) is 2. The number of carbonyl (C=O) groups excluding carboxylic acids is 1. The standard InChI is InChI=1S/C11H12N4O3/c1-7(4-11(13)16)14-10-3-2-9(15(17)18)5-8(10)6-12/h2-3,5,7,14H,4H2,1H3,(H2,13,16). The summed E-state index contributed by atoms with van der Waals surface area (Å²) in [6, 6.07) is 5.52. The van der Waals surface area contributed by atoms with Gasteiger partial charge in [-0.15, -0.1) is 0 Å². The normalized spacial score (nSPS) is 11.3. The molecule has 18 heavy (non-hydrogen) atoms. The van der Waals surface area contributed by atoms with Crippen molar-refractivity contribution < 1.29 is 9.72 Å². The van der Waals surface area contributed by atoms with Crippen molar-refractivity contribution in [3.63, 3.8) is 0 Å². The van der Waals surface area contributed by atoms with E-state index in [1.807, 2.05) is 6.07 Å². The minimum Gasteiger partial charge on any atom is -0.381 e. The summed E-state index contributed by atoms with van der Waals surface area (Å²) in [7, 11) is 0. The topological polar surface area (TPSA) is 122 Å². The Morgan fingerprint density at radius 3 is 2.83 bits per heavy atom. The van der Waals surface area contributed by atoms with Gasteiger partial charge in [0.25, 0.3) is 5.69 Å². The SMILES string of the molecule is CC(CC(N)=O)Nc1ccc([N+](=O)[O-])cc1C#N. The van der Waals surface area contributed by atoms with E-state index < -0.39 is 10.8 Å². The predicted molar refractivity (Wildman–Crippen MR) is 64.7 cm³/mol. The van der Waals surface area contributed by atoms with E-state index in [1.165, 1.54) is 18.2 Å². The lowest BCUT2D eigenvalue weighted by atomic mass is 10.1. The number of hydrogen-bond acceptors (Lipinski definition) is 5. The van der Waals surface area contributed by atoms with Gasteiger partial charge in [0.15, 0.2) is 0 Å². The number of non-ortho nitro benzene ring substituents is 1. The predicted octanol–water partition coefficient (Wildman–Crippen LogP) is 1.14. The van der Waals surface area contributed by atoms with Crippen LogP contribution in [0.15, 0.2) is 18.2 Å². The van der Waals surface area contributed by atoms with Crippen LogP contribution < -0.4 is 11.1 Å². The van der Waals surface area contributed by atoms with Crippen LogP contribution in [0.4, 0.5) is 11.4 Å². The van der Waals surface area contributed by atoms with Crippen LogP contribution in [0.25, 0.3) is 0 Å². The van der Waals surface area contributed by atoms with Crippen LogP contribution in [0.2, 0.25) is 0 Å². The maximum atomic E-state index is 10.7. The molecule has 0 bridgehead atoms. The van der Waals surface area contributed by atoms with Gasteiger partial charge < -0.3 is 11.1 Å². The van der Waals surface area contributed by atoms with Gasteiger partial charge in [-0.3, -0.25) is 14.9 Å². The van der Waals surface area contributed by atoms with Crippen molar-refractivity contribution in [2.45, 2.75) is 19.4 Å². The van der Waals surface area contributed by atoms with E-state index in [-0.39, 0.29) is 23.7 Å². The summed E-state index contributed by atoms with van der Waals surface area (Å²) in [6.45, 7) is 1.73. The number of anilines is 1. The number of amides is 1. The Morgan fingerprint density at radius 1 is 1.67 bits per heavy atom. The molecule has 0 fully saturated rings. The lowest BCUT2D eigenvalue weighted by Crippen LogP contribution is -2.24. The summed E-state index contributed by atoms with van der Waals surface area (Å²) < 4.78 is 0. The van der Waals surface area contributed by atoms with Gasteiger partial charge in [0.1, 0.15) is 6.07 Å². The van der Waals surface area contributed by atoms with Crippen molar-refractivity contribution in [2.75, 3.05) is 5.32 Å². The van der Waals surface area contributed by atoms with Gasteiger partial charge in [0.2, 0.25) is 5.91 Å². The summed E-state index contributed by atoms with van der Waals surface area (Å²) in [5, 5.41) is 22.4. The quantitative estimate of drug-likeness (QED) is 0.597. The molecule has 1 amide bonds. The Labute approximate surface area is 103 Å². The third kappa shape index (κ3) is 3.45. The average molecular weight is 248 g/mol. The zero-order valence-electron chi connectivity index (χ0n) is 9.71. The van der Waals surface area contributed by atoms with Gasteiger partial charge in [-0.25, -0.2) is 0 Å².